The first-order valence-electron chi connectivity index (χ1n) is 9.99. The fourth-order valence-corrected chi connectivity index (χ4v) is 2.85. The van der Waals surface area contributed by atoms with Crippen molar-refractivity contribution >= 4 is 17.7 Å². The van der Waals surface area contributed by atoms with E-state index in [2.05, 4.69) is 39.2 Å². The molecule has 5 heteroatoms. The highest BCUT2D eigenvalue weighted by Gasteiger charge is 2.09. The summed E-state index contributed by atoms with van der Waals surface area (Å²) in [7, 11) is 0. The maximum Gasteiger partial charge on any atom is 0.330 e. The molecular weight excluding hydrogens is 362 g/mol. The molecule has 29 heavy (non-hydrogen) atoms. The number of ether oxygens (including phenoxy) is 1. The number of carbonyl (C=O) groups excluding carboxylic acids is 1. The number of hydrogen-bond donors (Lipinski definition) is 1. The van der Waals surface area contributed by atoms with Crippen LogP contribution in [-0.4, -0.2) is 43.7 Å². The minimum atomic E-state index is -0.341. The Morgan fingerprint density at radius 1 is 1.17 bits per heavy atom. The molecule has 150 valence electrons. The normalized spacial score (nSPS) is 14.0. The summed E-state index contributed by atoms with van der Waals surface area (Å²) in [5, 5.41) is 3.36. The Kier molecular flexibility index (Phi) is 7.43. The SMILES string of the molecule is CC(C)COC(=O)/C=C/c1ccc(C#Cc2ccc(N3CCNCC3)cc2)nc1. The largest absolute Gasteiger partial charge is 0.462 e. The molecule has 1 N–H and O–H groups in total. The number of nitrogens with zero attached hydrogens (tertiary/aromatic N) is 2. The summed E-state index contributed by atoms with van der Waals surface area (Å²) in [6, 6.07) is 12.1. The smallest absolute Gasteiger partial charge is 0.330 e. The van der Waals surface area contributed by atoms with Gasteiger partial charge < -0.3 is 15.0 Å². The van der Waals surface area contributed by atoms with Gasteiger partial charge in [0.05, 0.1) is 6.61 Å². The van der Waals surface area contributed by atoms with E-state index in [-0.39, 0.29) is 5.97 Å². The Morgan fingerprint density at radius 3 is 2.59 bits per heavy atom. The number of nitrogens with one attached hydrogen (secondary N) is 1. The van der Waals surface area contributed by atoms with Crippen molar-refractivity contribution in [1.82, 2.24) is 10.3 Å². The highest BCUT2D eigenvalue weighted by atomic mass is 16.5. The van der Waals surface area contributed by atoms with Crippen LogP contribution in [0.3, 0.4) is 0 Å². The Labute approximate surface area is 172 Å². The summed E-state index contributed by atoms with van der Waals surface area (Å²) in [6.45, 7) is 8.54. The van der Waals surface area contributed by atoms with E-state index in [1.807, 2.05) is 38.1 Å². The van der Waals surface area contributed by atoms with Gasteiger partial charge >= 0.3 is 5.97 Å². The first-order chi connectivity index (χ1) is 14.1. The van der Waals surface area contributed by atoms with Crippen molar-refractivity contribution in [2.24, 2.45) is 5.92 Å². The second kappa shape index (κ2) is 10.4. The predicted molar refractivity (Wildman–Crippen MR) is 117 cm³/mol. The Hall–Kier alpha value is -3.10. The van der Waals surface area contributed by atoms with Crippen LogP contribution in [0.2, 0.25) is 0 Å². The van der Waals surface area contributed by atoms with Crippen LogP contribution in [0, 0.1) is 17.8 Å². The topological polar surface area (TPSA) is 54.5 Å². The summed E-state index contributed by atoms with van der Waals surface area (Å²) in [6.07, 6.45) is 4.82. The van der Waals surface area contributed by atoms with Crippen LogP contribution in [0.4, 0.5) is 5.69 Å². The number of rotatable bonds is 5. The van der Waals surface area contributed by atoms with Crippen molar-refractivity contribution in [1.29, 1.82) is 0 Å². The monoisotopic (exact) mass is 389 g/mol. The van der Waals surface area contributed by atoms with Gasteiger partial charge in [-0.15, -0.1) is 0 Å². The molecular formula is C24H27N3O2. The Morgan fingerprint density at radius 2 is 1.93 bits per heavy atom. The molecule has 1 aromatic heterocycles. The molecule has 0 amide bonds. The summed E-state index contributed by atoms with van der Waals surface area (Å²) in [5.41, 5.74) is 3.72. The van der Waals surface area contributed by atoms with Crippen LogP contribution in [0.5, 0.6) is 0 Å². The zero-order valence-corrected chi connectivity index (χ0v) is 17.0. The van der Waals surface area contributed by atoms with E-state index >= 15 is 0 Å². The average Bonchev–Trinajstić information content (AvgIpc) is 2.76. The van der Waals surface area contributed by atoms with E-state index in [0.717, 1.165) is 37.3 Å². The summed E-state index contributed by atoms with van der Waals surface area (Å²) >= 11 is 0. The van der Waals surface area contributed by atoms with Crippen molar-refractivity contribution in [3.05, 3.63) is 65.5 Å². The minimum Gasteiger partial charge on any atom is -0.462 e. The highest BCUT2D eigenvalue weighted by Crippen LogP contribution is 2.15. The van der Waals surface area contributed by atoms with E-state index < -0.39 is 0 Å². The van der Waals surface area contributed by atoms with Crippen molar-refractivity contribution < 1.29 is 9.53 Å². The molecule has 3 rings (SSSR count). The van der Waals surface area contributed by atoms with Crippen LogP contribution in [0.1, 0.15) is 30.7 Å². The second-order valence-electron chi connectivity index (χ2n) is 7.37. The van der Waals surface area contributed by atoms with Crippen molar-refractivity contribution in [2.75, 3.05) is 37.7 Å². The first-order valence-corrected chi connectivity index (χ1v) is 9.99. The molecule has 1 fully saturated rings. The van der Waals surface area contributed by atoms with Crippen LogP contribution >= 0.6 is 0 Å². The fourth-order valence-electron chi connectivity index (χ4n) is 2.85. The molecule has 2 aromatic rings. The maximum atomic E-state index is 11.6. The number of aromatic nitrogens is 1. The maximum absolute atomic E-state index is 11.6. The standard InChI is InChI=1S/C24H27N3O2/c1-19(2)18-29-24(28)12-7-21-4-9-22(26-17-21)8-3-20-5-10-23(11-6-20)27-15-13-25-14-16-27/h4-7,9-12,17,19,25H,13-16,18H2,1-2H3/b12-7+. The van der Waals surface area contributed by atoms with Crippen LogP contribution in [0.25, 0.3) is 6.08 Å². The molecule has 0 atom stereocenters. The zero-order valence-electron chi connectivity index (χ0n) is 17.0. The van der Waals surface area contributed by atoms with Gasteiger partial charge in [0.15, 0.2) is 0 Å². The van der Waals surface area contributed by atoms with Gasteiger partial charge in [0, 0.05) is 49.7 Å². The lowest BCUT2D eigenvalue weighted by Crippen LogP contribution is -2.43. The van der Waals surface area contributed by atoms with Crippen molar-refractivity contribution in [3.8, 4) is 11.8 Å². The molecule has 0 unspecified atom stereocenters. The van der Waals surface area contributed by atoms with E-state index in [9.17, 15) is 4.79 Å². The number of esters is 1. The quantitative estimate of drug-likeness (QED) is 0.484. The van der Waals surface area contributed by atoms with E-state index in [0.29, 0.717) is 18.2 Å². The first kappa shape index (κ1) is 20.6. The number of carbonyl (C=O) groups is 1. The van der Waals surface area contributed by atoms with Crippen molar-refractivity contribution in [3.63, 3.8) is 0 Å². The number of anilines is 1. The number of piperazine rings is 1. The second-order valence-corrected chi connectivity index (χ2v) is 7.37. The van der Waals surface area contributed by atoms with E-state index in [4.69, 9.17) is 4.74 Å². The van der Waals surface area contributed by atoms with Gasteiger partial charge in [-0.3, -0.25) is 0 Å². The summed E-state index contributed by atoms with van der Waals surface area (Å²) in [4.78, 5) is 18.3. The third-order valence-corrected chi connectivity index (χ3v) is 4.44. The fraction of sp³-hybridized carbons (Fsp3) is 0.333. The Bertz CT molecular complexity index is 884. The summed E-state index contributed by atoms with van der Waals surface area (Å²) in [5.74, 6) is 6.22. The van der Waals surface area contributed by atoms with Gasteiger partial charge in [0.2, 0.25) is 0 Å². The third-order valence-electron chi connectivity index (χ3n) is 4.44. The highest BCUT2D eigenvalue weighted by molar-refractivity contribution is 5.86. The third kappa shape index (κ3) is 6.78. The lowest BCUT2D eigenvalue weighted by Gasteiger charge is -2.29. The number of benzene rings is 1. The molecule has 0 spiro atoms. The minimum absolute atomic E-state index is 0.324. The van der Waals surface area contributed by atoms with E-state index in [1.165, 1.54) is 11.8 Å². The Balaban J connectivity index is 1.56. The van der Waals surface area contributed by atoms with Crippen LogP contribution < -0.4 is 10.2 Å². The predicted octanol–water partition coefficient (Wildman–Crippen LogP) is 3.10. The molecule has 2 heterocycles. The molecule has 5 nitrogen and oxygen atoms in total. The molecule has 1 saturated heterocycles. The van der Waals surface area contributed by atoms with Gasteiger partial charge in [-0.2, -0.15) is 0 Å². The van der Waals surface area contributed by atoms with Gasteiger partial charge in [-0.05, 0) is 53.8 Å². The molecule has 0 radical (unpaired) electrons. The van der Waals surface area contributed by atoms with Gasteiger partial charge in [-0.25, -0.2) is 9.78 Å². The lowest BCUT2D eigenvalue weighted by atomic mass is 10.1. The molecule has 1 aliphatic rings. The van der Waals surface area contributed by atoms with Gasteiger partial charge in [0.1, 0.15) is 5.69 Å². The van der Waals surface area contributed by atoms with Crippen molar-refractivity contribution in [2.45, 2.75) is 13.8 Å². The van der Waals surface area contributed by atoms with Crippen LogP contribution in [-0.2, 0) is 9.53 Å². The van der Waals surface area contributed by atoms with Gasteiger partial charge in [-0.1, -0.05) is 25.8 Å². The van der Waals surface area contributed by atoms with Gasteiger partial charge in [0.25, 0.3) is 0 Å². The molecule has 1 aromatic carbocycles. The summed E-state index contributed by atoms with van der Waals surface area (Å²) < 4.78 is 5.11. The average molecular weight is 389 g/mol. The van der Waals surface area contributed by atoms with E-state index in [1.54, 1.807) is 12.3 Å². The lowest BCUT2D eigenvalue weighted by molar-refractivity contribution is -0.138. The molecule has 0 aliphatic carbocycles. The number of hydrogen-bond acceptors (Lipinski definition) is 5. The molecule has 1 aliphatic heterocycles. The molecule has 0 bridgehead atoms. The van der Waals surface area contributed by atoms with Crippen LogP contribution in [0.15, 0.2) is 48.7 Å². The molecule has 0 saturated carbocycles. The number of pyridine rings is 1. The zero-order chi connectivity index (χ0) is 20.5.